The van der Waals surface area contributed by atoms with Gasteiger partial charge in [-0.2, -0.15) is 0 Å². The van der Waals surface area contributed by atoms with E-state index in [0.29, 0.717) is 11.3 Å². The van der Waals surface area contributed by atoms with Crippen LogP contribution in [0, 0.1) is 16.0 Å². The second-order valence-corrected chi connectivity index (χ2v) is 5.36. The van der Waals surface area contributed by atoms with E-state index in [1.807, 2.05) is 13.8 Å². The van der Waals surface area contributed by atoms with Gasteiger partial charge in [-0.1, -0.05) is 19.9 Å². The van der Waals surface area contributed by atoms with E-state index in [1.165, 1.54) is 24.3 Å². The molecule has 0 aliphatic rings. The van der Waals surface area contributed by atoms with Gasteiger partial charge in [-0.3, -0.25) is 19.7 Å². The van der Waals surface area contributed by atoms with Gasteiger partial charge in [0.05, 0.1) is 4.92 Å². The molecule has 6 nitrogen and oxygen atoms in total. The van der Waals surface area contributed by atoms with Crippen molar-refractivity contribution >= 4 is 23.1 Å². The Bertz CT molecular complexity index is 751. The number of amides is 1. The van der Waals surface area contributed by atoms with Gasteiger partial charge in [0.25, 0.3) is 11.6 Å². The molecule has 2 aromatic carbocycles. The first-order valence-electron chi connectivity index (χ1n) is 7.08. The summed E-state index contributed by atoms with van der Waals surface area (Å²) in [4.78, 5) is 34.1. The van der Waals surface area contributed by atoms with Crippen molar-refractivity contribution in [3.63, 3.8) is 0 Å². The quantitative estimate of drug-likeness (QED) is 0.518. The van der Waals surface area contributed by atoms with Crippen LogP contribution in [0.1, 0.15) is 34.6 Å². The zero-order valence-electron chi connectivity index (χ0n) is 12.8. The van der Waals surface area contributed by atoms with Crippen molar-refractivity contribution in [2.24, 2.45) is 5.92 Å². The van der Waals surface area contributed by atoms with Gasteiger partial charge in [0.2, 0.25) is 0 Å². The standard InChI is InChI=1S/C17H16N2O4/c1-11(2)16(20)12-6-8-14(9-7-12)18-17(21)13-4-3-5-15(10-13)19(22)23/h3-11H,1-2H3,(H,18,21). The fourth-order valence-electron chi connectivity index (χ4n) is 2.02. The van der Waals surface area contributed by atoms with Crippen LogP contribution in [0.25, 0.3) is 0 Å². The van der Waals surface area contributed by atoms with E-state index in [-0.39, 0.29) is 23.0 Å². The van der Waals surface area contributed by atoms with Crippen LogP contribution in [0.15, 0.2) is 48.5 Å². The lowest BCUT2D eigenvalue weighted by Gasteiger charge is -2.07. The van der Waals surface area contributed by atoms with Crippen molar-refractivity contribution in [2.45, 2.75) is 13.8 Å². The van der Waals surface area contributed by atoms with Gasteiger partial charge in [0, 0.05) is 34.9 Å². The molecule has 0 heterocycles. The molecule has 1 N–H and O–H groups in total. The molecular formula is C17H16N2O4. The van der Waals surface area contributed by atoms with Gasteiger partial charge >= 0.3 is 0 Å². The van der Waals surface area contributed by atoms with Crippen LogP contribution in [-0.2, 0) is 0 Å². The maximum Gasteiger partial charge on any atom is 0.270 e. The van der Waals surface area contributed by atoms with Crippen molar-refractivity contribution in [1.29, 1.82) is 0 Å². The van der Waals surface area contributed by atoms with E-state index in [1.54, 1.807) is 24.3 Å². The summed E-state index contributed by atoms with van der Waals surface area (Å²) in [6.45, 7) is 3.64. The molecule has 0 aromatic heterocycles. The number of nitro benzene ring substituents is 1. The van der Waals surface area contributed by atoms with Crippen LogP contribution in [0.3, 0.4) is 0 Å². The molecule has 0 bridgehead atoms. The number of hydrogen-bond acceptors (Lipinski definition) is 4. The molecule has 0 unspecified atom stereocenters. The molecule has 23 heavy (non-hydrogen) atoms. The van der Waals surface area contributed by atoms with E-state index in [2.05, 4.69) is 5.32 Å². The third-order valence-corrected chi connectivity index (χ3v) is 3.27. The molecule has 0 aliphatic carbocycles. The molecule has 0 saturated heterocycles. The van der Waals surface area contributed by atoms with E-state index < -0.39 is 10.8 Å². The van der Waals surface area contributed by atoms with Gasteiger partial charge in [0.1, 0.15) is 0 Å². The number of nitrogens with one attached hydrogen (secondary N) is 1. The smallest absolute Gasteiger partial charge is 0.270 e. The Morgan fingerprint density at radius 2 is 1.70 bits per heavy atom. The molecular weight excluding hydrogens is 296 g/mol. The van der Waals surface area contributed by atoms with Crippen molar-refractivity contribution in [3.05, 3.63) is 69.8 Å². The lowest BCUT2D eigenvalue weighted by atomic mass is 10.0. The van der Waals surface area contributed by atoms with E-state index in [9.17, 15) is 19.7 Å². The van der Waals surface area contributed by atoms with Crippen molar-refractivity contribution in [1.82, 2.24) is 0 Å². The highest BCUT2D eigenvalue weighted by molar-refractivity contribution is 6.05. The molecule has 2 aromatic rings. The van der Waals surface area contributed by atoms with Crippen molar-refractivity contribution in [3.8, 4) is 0 Å². The van der Waals surface area contributed by atoms with Crippen molar-refractivity contribution < 1.29 is 14.5 Å². The third-order valence-electron chi connectivity index (χ3n) is 3.27. The molecule has 2 rings (SSSR count). The number of anilines is 1. The fourth-order valence-corrected chi connectivity index (χ4v) is 2.02. The number of Topliss-reactive ketones (excluding diaryl/α,β-unsaturated/α-hetero) is 1. The molecule has 0 aliphatic heterocycles. The van der Waals surface area contributed by atoms with E-state index >= 15 is 0 Å². The summed E-state index contributed by atoms with van der Waals surface area (Å²) < 4.78 is 0. The van der Waals surface area contributed by atoms with Crippen LogP contribution in [0.4, 0.5) is 11.4 Å². The monoisotopic (exact) mass is 312 g/mol. The van der Waals surface area contributed by atoms with E-state index in [0.717, 1.165) is 0 Å². The van der Waals surface area contributed by atoms with Gasteiger partial charge in [-0.15, -0.1) is 0 Å². The highest BCUT2D eigenvalue weighted by Gasteiger charge is 2.13. The SMILES string of the molecule is CC(C)C(=O)c1ccc(NC(=O)c2cccc([N+](=O)[O-])c2)cc1. The molecule has 0 atom stereocenters. The van der Waals surface area contributed by atoms with Crippen LogP contribution >= 0.6 is 0 Å². The molecule has 0 fully saturated rings. The van der Waals surface area contributed by atoms with Crippen LogP contribution in [0.2, 0.25) is 0 Å². The Balaban J connectivity index is 2.13. The maximum atomic E-state index is 12.1. The number of hydrogen-bond donors (Lipinski definition) is 1. The number of ketones is 1. The zero-order chi connectivity index (χ0) is 17.0. The van der Waals surface area contributed by atoms with Gasteiger partial charge < -0.3 is 5.32 Å². The lowest BCUT2D eigenvalue weighted by molar-refractivity contribution is -0.384. The summed E-state index contributed by atoms with van der Waals surface area (Å²) in [5.74, 6) is -0.515. The minimum absolute atomic E-state index is 0.0292. The average molecular weight is 312 g/mol. The predicted molar refractivity (Wildman–Crippen MR) is 86.7 cm³/mol. The predicted octanol–water partition coefficient (Wildman–Crippen LogP) is 3.69. The largest absolute Gasteiger partial charge is 0.322 e. The molecule has 0 spiro atoms. The maximum absolute atomic E-state index is 12.1. The van der Waals surface area contributed by atoms with Crippen LogP contribution < -0.4 is 5.32 Å². The Hall–Kier alpha value is -3.02. The minimum Gasteiger partial charge on any atom is -0.322 e. The van der Waals surface area contributed by atoms with Gasteiger partial charge in [-0.25, -0.2) is 0 Å². The fraction of sp³-hybridized carbons (Fsp3) is 0.176. The number of nitrogens with zero attached hydrogens (tertiary/aromatic N) is 1. The summed E-state index contributed by atoms with van der Waals surface area (Å²) >= 11 is 0. The Morgan fingerprint density at radius 3 is 2.26 bits per heavy atom. The Morgan fingerprint density at radius 1 is 1.04 bits per heavy atom. The first kappa shape index (κ1) is 16.4. The van der Waals surface area contributed by atoms with Crippen LogP contribution in [-0.4, -0.2) is 16.6 Å². The summed E-state index contributed by atoms with van der Waals surface area (Å²) in [7, 11) is 0. The number of benzene rings is 2. The van der Waals surface area contributed by atoms with Crippen LogP contribution in [0.5, 0.6) is 0 Å². The van der Waals surface area contributed by atoms with Gasteiger partial charge in [-0.05, 0) is 30.3 Å². The molecule has 1 amide bonds. The first-order valence-corrected chi connectivity index (χ1v) is 7.08. The zero-order valence-corrected chi connectivity index (χ0v) is 12.8. The average Bonchev–Trinajstić information content (AvgIpc) is 2.54. The molecule has 0 radical (unpaired) electrons. The second-order valence-electron chi connectivity index (χ2n) is 5.36. The van der Waals surface area contributed by atoms with Gasteiger partial charge in [0.15, 0.2) is 5.78 Å². The lowest BCUT2D eigenvalue weighted by Crippen LogP contribution is -2.12. The molecule has 6 heteroatoms. The third kappa shape index (κ3) is 4.00. The first-order chi connectivity index (χ1) is 10.9. The molecule has 118 valence electrons. The summed E-state index contributed by atoms with van der Waals surface area (Å²) in [6.07, 6.45) is 0. The number of nitro groups is 1. The highest BCUT2D eigenvalue weighted by Crippen LogP contribution is 2.17. The molecule has 0 saturated carbocycles. The number of non-ortho nitro benzene ring substituents is 1. The topological polar surface area (TPSA) is 89.3 Å². The number of carbonyl (C=O) groups is 2. The second kappa shape index (κ2) is 6.83. The Kier molecular flexibility index (Phi) is 4.85. The highest BCUT2D eigenvalue weighted by atomic mass is 16.6. The van der Waals surface area contributed by atoms with Crippen molar-refractivity contribution in [2.75, 3.05) is 5.32 Å². The summed E-state index contributed by atoms with van der Waals surface area (Å²) in [5.41, 5.74) is 1.15. The minimum atomic E-state index is -0.552. The Labute approximate surface area is 133 Å². The number of rotatable bonds is 5. The van der Waals surface area contributed by atoms with E-state index in [4.69, 9.17) is 0 Å². The normalized spacial score (nSPS) is 10.4. The number of carbonyl (C=O) groups excluding carboxylic acids is 2. The summed E-state index contributed by atoms with van der Waals surface area (Å²) in [5, 5.41) is 13.4. The summed E-state index contributed by atoms with van der Waals surface area (Å²) in [6, 6.07) is 12.0.